The minimum absolute atomic E-state index is 0.0390. The topological polar surface area (TPSA) is 116 Å². The molecule has 4 rings (SSSR count). The van der Waals surface area contributed by atoms with Gasteiger partial charge >= 0.3 is 0 Å². The van der Waals surface area contributed by atoms with E-state index < -0.39 is 11.3 Å². The van der Waals surface area contributed by atoms with E-state index in [1.165, 1.54) is 0 Å². The summed E-state index contributed by atoms with van der Waals surface area (Å²) < 4.78 is 12.5. The smallest absolute Gasteiger partial charge is 0.191 e. The van der Waals surface area contributed by atoms with E-state index >= 15 is 0 Å². The molecule has 2 aromatic rings. The molecular weight excluding hydrogens is 492 g/mol. The maximum absolute atomic E-state index is 10.2. The molecule has 2 atom stereocenters. The van der Waals surface area contributed by atoms with E-state index in [0.717, 1.165) is 40.4 Å². The van der Waals surface area contributed by atoms with Gasteiger partial charge in [-0.2, -0.15) is 15.8 Å². The number of hydrogen-bond acceptors (Lipinski definition) is 6. The Hall–Kier alpha value is -3.73. The van der Waals surface area contributed by atoms with Crippen molar-refractivity contribution in [2.24, 2.45) is 17.1 Å². The monoisotopic (exact) mass is 514 g/mol. The van der Waals surface area contributed by atoms with E-state index in [1.54, 1.807) is 7.11 Å². The largest absolute Gasteiger partial charge is 0.496 e. The van der Waals surface area contributed by atoms with Crippen molar-refractivity contribution >= 4 is 15.9 Å². The quantitative estimate of drug-likeness (QED) is 0.552. The number of methoxy groups -OCH3 is 1. The number of allylic oxidation sites excluding steroid dienone is 4. The first-order valence-corrected chi connectivity index (χ1v) is 11.8. The standard InChI is InChI=1S/C27H23BrN4O2/c1-33-24-10-9-17(11-18(24)14-34-20-6-4-5-19(28)12-20)25-22-8-3-2-7-21(22)23(13-29)26(32)27(25,15-30)16-31/h4-7,9-12,22,25H,2-3,8,14,32H2,1H3/t22-,25+/m0/s1. The number of rotatable bonds is 5. The van der Waals surface area contributed by atoms with Crippen LogP contribution in [0.1, 0.15) is 36.3 Å². The van der Waals surface area contributed by atoms with Gasteiger partial charge in [0.1, 0.15) is 24.2 Å². The van der Waals surface area contributed by atoms with Gasteiger partial charge in [0.2, 0.25) is 0 Å². The molecule has 2 aliphatic carbocycles. The summed E-state index contributed by atoms with van der Waals surface area (Å²) in [7, 11) is 1.59. The van der Waals surface area contributed by atoms with E-state index in [9.17, 15) is 15.8 Å². The molecule has 2 N–H and O–H groups in total. The van der Waals surface area contributed by atoms with Gasteiger partial charge in [-0.15, -0.1) is 0 Å². The van der Waals surface area contributed by atoms with Gasteiger partial charge in [-0.3, -0.25) is 0 Å². The van der Waals surface area contributed by atoms with Crippen LogP contribution in [0.5, 0.6) is 11.5 Å². The Kier molecular flexibility index (Phi) is 6.64. The van der Waals surface area contributed by atoms with Crippen molar-refractivity contribution < 1.29 is 9.47 Å². The Balaban J connectivity index is 1.81. The normalized spacial score (nSPS) is 20.7. The highest BCUT2D eigenvalue weighted by molar-refractivity contribution is 9.10. The summed E-state index contributed by atoms with van der Waals surface area (Å²) in [4.78, 5) is 0. The zero-order valence-electron chi connectivity index (χ0n) is 18.7. The molecule has 0 saturated carbocycles. The predicted molar refractivity (Wildman–Crippen MR) is 130 cm³/mol. The highest BCUT2D eigenvalue weighted by atomic mass is 79.9. The summed E-state index contributed by atoms with van der Waals surface area (Å²) in [6, 6.07) is 19.7. The number of halogens is 1. The number of benzene rings is 2. The van der Waals surface area contributed by atoms with E-state index in [1.807, 2.05) is 48.5 Å². The van der Waals surface area contributed by atoms with E-state index in [2.05, 4.69) is 34.1 Å². The van der Waals surface area contributed by atoms with Crippen LogP contribution in [0.4, 0.5) is 0 Å². The summed E-state index contributed by atoms with van der Waals surface area (Å²) >= 11 is 3.45. The Bertz CT molecular complexity index is 1300. The molecule has 0 radical (unpaired) electrons. The minimum Gasteiger partial charge on any atom is -0.496 e. The number of nitrogens with zero attached hydrogens (tertiary/aromatic N) is 3. The van der Waals surface area contributed by atoms with Gasteiger partial charge in [0, 0.05) is 16.0 Å². The van der Waals surface area contributed by atoms with Crippen molar-refractivity contribution in [3.63, 3.8) is 0 Å². The lowest BCUT2D eigenvalue weighted by molar-refractivity contribution is 0.293. The number of ether oxygens (including phenoxy) is 2. The van der Waals surface area contributed by atoms with Gasteiger partial charge in [-0.05, 0) is 66.6 Å². The highest BCUT2D eigenvalue weighted by Gasteiger charge is 2.53. The lowest BCUT2D eigenvalue weighted by atomic mass is 9.56. The van der Waals surface area contributed by atoms with Crippen molar-refractivity contribution in [1.82, 2.24) is 0 Å². The summed E-state index contributed by atoms with van der Waals surface area (Å²) in [6.45, 7) is 0.244. The second-order valence-corrected chi connectivity index (χ2v) is 9.34. The van der Waals surface area contributed by atoms with Crippen LogP contribution in [-0.4, -0.2) is 7.11 Å². The number of nitrogens with two attached hydrogens (primary N) is 1. The second kappa shape index (κ2) is 9.64. The third kappa shape index (κ3) is 3.92. The van der Waals surface area contributed by atoms with Crippen LogP contribution in [0.25, 0.3) is 0 Å². The van der Waals surface area contributed by atoms with Crippen molar-refractivity contribution in [3.8, 4) is 29.7 Å². The molecule has 7 heteroatoms. The summed E-state index contributed by atoms with van der Waals surface area (Å²) in [5.41, 5.74) is 7.50. The average Bonchev–Trinajstić information content (AvgIpc) is 2.87. The van der Waals surface area contributed by atoms with Crippen molar-refractivity contribution in [2.45, 2.75) is 31.8 Å². The summed E-state index contributed by atoms with van der Waals surface area (Å²) in [5, 5.41) is 30.3. The Labute approximate surface area is 207 Å². The lowest BCUT2D eigenvalue weighted by Gasteiger charge is -2.43. The Morgan fingerprint density at radius 1 is 1.15 bits per heavy atom. The Morgan fingerprint density at radius 2 is 1.94 bits per heavy atom. The van der Waals surface area contributed by atoms with Crippen LogP contribution < -0.4 is 15.2 Å². The molecule has 0 heterocycles. The first kappa shape index (κ1) is 23.4. The molecule has 0 fully saturated rings. The Morgan fingerprint density at radius 3 is 2.62 bits per heavy atom. The molecule has 0 bridgehead atoms. The first-order chi connectivity index (χ1) is 16.5. The van der Waals surface area contributed by atoms with E-state index in [4.69, 9.17) is 15.2 Å². The van der Waals surface area contributed by atoms with Crippen LogP contribution in [0.3, 0.4) is 0 Å². The molecule has 2 aliphatic rings. The van der Waals surface area contributed by atoms with Crippen molar-refractivity contribution in [3.05, 3.63) is 81.0 Å². The van der Waals surface area contributed by atoms with Crippen LogP contribution in [-0.2, 0) is 6.61 Å². The maximum Gasteiger partial charge on any atom is 0.191 e. The molecule has 0 amide bonds. The average molecular weight is 515 g/mol. The molecule has 0 saturated heterocycles. The fourth-order valence-corrected chi connectivity index (χ4v) is 5.45. The number of hydrogen-bond donors (Lipinski definition) is 1. The SMILES string of the molecule is COc1ccc([C@@H]2[C@H]3CCCC=C3C(C#N)=C(N)C2(C#N)C#N)cc1COc1cccc(Br)c1. The van der Waals surface area contributed by atoms with Gasteiger partial charge in [0.25, 0.3) is 0 Å². The zero-order chi connectivity index (χ0) is 24.3. The molecule has 0 aliphatic heterocycles. The molecule has 34 heavy (non-hydrogen) atoms. The highest BCUT2D eigenvalue weighted by Crippen LogP contribution is 2.56. The third-order valence-electron chi connectivity index (χ3n) is 6.65. The first-order valence-electron chi connectivity index (χ1n) is 11.0. The minimum atomic E-state index is -1.64. The molecular formula is C27H23BrN4O2. The van der Waals surface area contributed by atoms with Crippen molar-refractivity contribution in [2.75, 3.05) is 7.11 Å². The fourth-order valence-electron chi connectivity index (χ4n) is 5.07. The molecule has 6 nitrogen and oxygen atoms in total. The molecule has 2 aromatic carbocycles. The van der Waals surface area contributed by atoms with Gasteiger partial charge < -0.3 is 15.2 Å². The van der Waals surface area contributed by atoms with Crippen LogP contribution >= 0.6 is 15.9 Å². The van der Waals surface area contributed by atoms with Gasteiger partial charge in [-0.1, -0.05) is 34.1 Å². The van der Waals surface area contributed by atoms with E-state index in [0.29, 0.717) is 11.5 Å². The third-order valence-corrected chi connectivity index (χ3v) is 7.15. The summed E-state index contributed by atoms with van der Waals surface area (Å²) in [6.07, 6.45) is 4.57. The fraction of sp³-hybridized carbons (Fsp3) is 0.296. The number of fused-ring (bicyclic) bond motifs is 1. The van der Waals surface area contributed by atoms with Crippen molar-refractivity contribution in [1.29, 1.82) is 15.8 Å². The molecule has 0 unspecified atom stereocenters. The van der Waals surface area contributed by atoms with Crippen LogP contribution in [0, 0.1) is 45.3 Å². The van der Waals surface area contributed by atoms with Crippen LogP contribution in [0.15, 0.2) is 69.9 Å². The van der Waals surface area contributed by atoms with Gasteiger partial charge in [-0.25, -0.2) is 0 Å². The lowest BCUT2D eigenvalue weighted by Crippen LogP contribution is -2.42. The van der Waals surface area contributed by atoms with Crippen LogP contribution in [0.2, 0.25) is 0 Å². The number of nitriles is 3. The maximum atomic E-state index is 10.2. The summed E-state index contributed by atoms with van der Waals surface area (Å²) in [5.74, 6) is 0.685. The molecule has 0 spiro atoms. The molecule has 170 valence electrons. The van der Waals surface area contributed by atoms with E-state index in [-0.39, 0.29) is 23.8 Å². The second-order valence-electron chi connectivity index (χ2n) is 8.42. The van der Waals surface area contributed by atoms with Gasteiger partial charge in [0.15, 0.2) is 5.41 Å². The zero-order valence-corrected chi connectivity index (χ0v) is 20.3. The molecule has 0 aromatic heterocycles. The van der Waals surface area contributed by atoms with Gasteiger partial charge in [0.05, 0.1) is 30.5 Å². The predicted octanol–water partition coefficient (Wildman–Crippen LogP) is 5.63.